The molecule has 0 spiro atoms. The highest BCUT2D eigenvalue weighted by molar-refractivity contribution is 6.05. The Morgan fingerprint density at radius 2 is 1.88 bits per heavy atom. The lowest BCUT2D eigenvalue weighted by Gasteiger charge is -2.14. The maximum absolute atomic E-state index is 12.1. The molecule has 88 valence electrons. The fourth-order valence-corrected chi connectivity index (χ4v) is 2.42. The van der Waals surface area contributed by atoms with Gasteiger partial charge in [0, 0.05) is 0 Å². The number of carbonyl (C=O) groups is 2. The van der Waals surface area contributed by atoms with Crippen molar-refractivity contribution in [3.05, 3.63) is 18.0 Å². The van der Waals surface area contributed by atoms with Crippen molar-refractivity contribution in [3.8, 4) is 0 Å². The molecule has 0 radical (unpaired) electrons. The molecule has 0 saturated carbocycles. The standard InChI is InChI=1S/C10H11N5O2/c16-9-6-3-1-2-4-7(6)10(17)15(9)5-8-11-13-14-12-8/h1-2,6-7H,3-5H2,(H,11,12,13,14)/t6-,7+. The highest BCUT2D eigenvalue weighted by atomic mass is 16.2. The van der Waals surface area contributed by atoms with Gasteiger partial charge in [0.1, 0.15) is 0 Å². The number of hydrogen-bond donors (Lipinski definition) is 1. The summed E-state index contributed by atoms with van der Waals surface area (Å²) >= 11 is 0. The van der Waals surface area contributed by atoms with Crippen LogP contribution in [0.4, 0.5) is 0 Å². The molecule has 1 aliphatic carbocycles. The average Bonchev–Trinajstić information content (AvgIpc) is 2.94. The van der Waals surface area contributed by atoms with Gasteiger partial charge in [-0.2, -0.15) is 5.21 Å². The zero-order valence-corrected chi connectivity index (χ0v) is 9.04. The zero-order chi connectivity index (χ0) is 11.8. The molecule has 3 rings (SSSR count). The number of rotatable bonds is 2. The molecule has 2 amide bonds. The maximum Gasteiger partial charge on any atom is 0.233 e. The first kappa shape index (κ1) is 10.1. The van der Waals surface area contributed by atoms with E-state index in [9.17, 15) is 9.59 Å². The number of carbonyl (C=O) groups excluding carboxylic acids is 2. The lowest BCUT2D eigenvalue weighted by atomic mass is 9.85. The topological polar surface area (TPSA) is 91.8 Å². The quantitative estimate of drug-likeness (QED) is 0.557. The SMILES string of the molecule is O=C1[C@H]2CC=CC[C@H]2C(=O)N1Cc1nn[nH]n1. The highest BCUT2D eigenvalue weighted by Crippen LogP contribution is 2.35. The average molecular weight is 233 g/mol. The summed E-state index contributed by atoms with van der Waals surface area (Å²) < 4.78 is 0. The zero-order valence-electron chi connectivity index (χ0n) is 9.04. The second-order valence-electron chi connectivity index (χ2n) is 4.25. The molecule has 1 aromatic rings. The first-order valence-electron chi connectivity index (χ1n) is 5.50. The van der Waals surface area contributed by atoms with Gasteiger partial charge in [-0.25, -0.2) is 0 Å². The minimum absolute atomic E-state index is 0.112. The van der Waals surface area contributed by atoms with Crippen molar-refractivity contribution in [2.75, 3.05) is 0 Å². The Morgan fingerprint density at radius 1 is 1.24 bits per heavy atom. The van der Waals surface area contributed by atoms with Gasteiger partial charge in [-0.05, 0) is 12.8 Å². The minimum Gasteiger partial charge on any atom is -0.274 e. The van der Waals surface area contributed by atoms with Crippen LogP contribution in [0.1, 0.15) is 18.7 Å². The number of aromatic amines is 1. The van der Waals surface area contributed by atoms with Crippen LogP contribution in [0.2, 0.25) is 0 Å². The molecule has 1 aromatic heterocycles. The molecule has 2 heterocycles. The number of imide groups is 1. The Hall–Kier alpha value is -2.05. The van der Waals surface area contributed by atoms with E-state index in [-0.39, 0.29) is 30.2 Å². The van der Waals surface area contributed by atoms with E-state index in [1.807, 2.05) is 12.2 Å². The third-order valence-electron chi connectivity index (χ3n) is 3.29. The molecule has 7 nitrogen and oxygen atoms in total. The molecule has 7 heteroatoms. The Kier molecular flexibility index (Phi) is 2.24. The monoisotopic (exact) mass is 233 g/mol. The molecule has 0 unspecified atom stereocenters. The number of nitrogens with zero attached hydrogens (tertiary/aromatic N) is 4. The van der Waals surface area contributed by atoms with Crippen molar-refractivity contribution >= 4 is 11.8 Å². The summed E-state index contributed by atoms with van der Waals surface area (Å²) in [6, 6.07) is 0. The number of hydrogen-bond acceptors (Lipinski definition) is 5. The Morgan fingerprint density at radius 3 is 2.41 bits per heavy atom. The summed E-state index contributed by atoms with van der Waals surface area (Å²) in [5.74, 6) is -0.264. The molecule has 1 aliphatic heterocycles. The van der Waals surface area contributed by atoms with E-state index in [4.69, 9.17) is 0 Å². The van der Waals surface area contributed by atoms with Crippen molar-refractivity contribution in [1.29, 1.82) is 0 Å². The largest absolute Gasteiger partial charge is 0.274 e. The predicted molar refractivity (Wildman–Crippen MR) is 55.1 cm³/mol. The van der Waals surface area contributed by atoms with Crippen molar-refractivity contribution in [2.45, 2.75) is 19.4 Å². The van der Waals surface area contributed by atoms with Gasteiger partial charge < -0.3 is 0 Å². The maximum atomic E-state index is 12.1. The molecule has 1 N–H and O–H groups in total. The second kappa shape index (κ2) is 3.76. The molecular weight excluding hydrogens is 222 g/mol. The summed E-state index contributed by atoms with van der Waals surface area (Å²) in [5.41, 5.74) is 0. The van der Waals surface area contributed by atoms with Gasteiger partial charge in [0.15, 0.2) is 5.82 Å². The lowest BCUT2D eigenvalue weighted by Crippen LogP contribution is -2.31. The summed E-state index contributed by atoms with van der Waals surface area (Å²) in [6.07, 6.45) is 5.23. The molecule has 17 heavy (non-hydrogen) atoms. The molecular formula is C10H11N5O2. The number of nitrogens with one attached hydrogen (secondary N) is 1. The van der Waals surface area contributed by atoms with Gasteiger partial charge in [0.2, 0.25) is 11.8 Å². The smallest absolute Gasteiger partial charge is 0.233 e. The van der Waals surface area contributed by atoms with Crippen LogP contribution in [-0.4, -0.2) is 37.3 Å². The van der Waals surface area contributed by atoms with E-state index >= 15 is 0 Å². The molecule has 2 aliphatic rings. The van der Waals surface area contributed by atoms with Gasteiger partial charge in [-0.15, -0.1) is 10.2 Å². The van der Waals surface area contributed by atoms with E-state index in [2.05, 4.69) is 20.6 Å². The van der Waals surface area contributed by atoms with Crippen molar-refractivity contribution < 1.29 is 9.59 Å². The third kappa shape index (κ3) is 1.54. The summed E-state index contributed by atoms with van der Waals surface area (Å²) in [7, 11) is 0. The lowest BCUT2D eigenvalue weighted by molar-refractivity contribution is -0.140. The second-order valence-corrected chi connectivity index (χ2v) is 4.25. The molecule has 1 saturated heterocycles. The van der Waals surface area contributed by atoms with Crippen LogP contribution in [0.5, 0.6) is 0 Å². The van der Waals surface area contributed by atoms with Crippen LogP contribution < -0.4 is 0 Å². The van der Waals surface area contributed by atoms with Crippen LogP contribution in [-0.2, 0) is 16.1 Å². The van der Waals surface area contributed by atoms with Crippen molar-refractivity contribution in [3.63, 3.8) is 0 Å². The number of H-pyrrole nitrogens is 1. The van der Waals surface area contributed by atoms with Crippen molar-refractivity contribution in [2.24, 2.45) is 11.8 Å². The van der Waals surface area contributed by atoms with Crippen LogP contribution in [0.25, 0.3) is 0 Å². The Bertz CT molecular complexity index is 455. The fourth-order valence-electron chi connectivity index (χ4n) is 2.42. The summed E-state index contributed by atoms with van der Waals surface area (Å²) in [4.78, 5) is 25.4. The number of amides is 2. The highest BCUT2D eigenvalue weighted by Gasteiger charge is 2.47. The molecule has 0 bridgehead atoms. The van der Waals surface area contributed by atoms with Gasteiger partial charge in [-0.3, -0.25) is 14.5 Å². The number of fused-ring (bicyclic) bond motifs is 1. The molecule has 0 aromatic carbocycles. The first-order valence-corrected chi connectivity index (χ1v) is 5.50. The number of likely N-dealkylation sites (tertiary alicyclic amines) is 1. The number of allylic oxidation sites excluding steroid dienone is 2. The predicted octanol–water partition coefficient (Wildman–Crippen LogP) is -0.349. The van der Waals surface area contributed by atoms with Crippen LogP contribution in [0, 0.1) is 11.8 Å². The van der Waals surface area contributed by atoms with E-state index < -0.39 is 0 Å². The third-order valence-corrected chi connectivity index (χ3v) is 3.29. The van der Waals surface area contributed by atoms with Gasteiger partial charge >= 0.3 is 0 Å². The minimum atomic E-state index is -0.195. The Labute approximate surface area is 96.9 Å². The summed E-state index contributed by atoms with van der Waals surface area (Å²) in [6.45, 7) is 0.112. The van der Waals surface area contributed by atoms with Crippen molar-refractivity contribution in [1.82, 2.24) is 25.5 Å². The van der Waals surface area contributed by atoms with Crippen LogP contribution in [0.3, 0.4) is 0 Å². The van der Waals surface area contributed by atoms with Gasteiger partial charge in [-0.1, -0.05) is 17.4 Å². The van der Waals surface area contributed by atoms with E-state index in [0.29, 0.717) is 18.7 Å². The van der Waals surface area contributed by atoms with Gasteiger partial charge in [0.05, 0.1) is 18.4 Å². The first-order chi connectivity index (χ1) is 8.27. The Balaban J connectivity index is 1.82. The number of tetrazole rings is 1. The summed E-state index contributed by atoms with van der Waals surface area (Å²) in [5, 5.41) is 13.2. The fraction of sp³-hybridized carbons (Fsp3) is 0.500. The van der Waals surface area contributed by atoms with Crippen LogP contribution in [0.15, 0.2) is 12.2 Å². The van der Waals surface area contributed by atoms with E-state index in [1.165, 1.54) is 4.90 Å². The van der Waals surface area contributed by atoms with E-state index in [1.54, 1.807) is 0 Å². The number of aromatic nitrogens is 4. The van der Waals surface area contributed by atoms with E-state index in [0.717, 1.165) is 0 Å². The molecule has 2 atom stereocenters. The van der Waals surface area contributed by atoms with Crippen LogP contribution >= 0.6 is 0 Å². The van der Waals surface area contributed by atoms with Gasteiger partial charge in [0.25, 0.3) is 0 Å². The normalized spacial score (nSPS) is 27.6. The molecule has 1 fully saturated rings.